The molecule has 2 aromatic rings. The number of carbonyl (C=O) groups excluding carboxylic acids is 1. The van der Waals surface area contributed by atoms with Gasteiger partial charge in [0, 0.05) is 24.3 Å². The van der Waals surface area contributed by atoms with Crippen molar-refractivity contribution in [2.75, 3.05) is 5.01 Å². The van der Waals surface area contributed by atoms with Crippen LogP contribution in [-0.2, 0) is 4.79 Å². The lowest BCUT2D eigenvalue weighted by Crippen LogP contribution is -2.19. The van der Waals surface area contributed by atoms with Crippen LogP contribution in [0.4, 0.5) is 17.1 Å². The van der Waals surface area contributed by atoms with Crippen LogP contribution >= 0.6 is 0 Å². The van der Waals surface area contributed by atoms with Gasteiger partial charge in [0.15, 0.2) is 0 Å². The maximum atomic E-state index is 12.1. The van der Waals surface area contributed by atoms with Crippen molar-refractivity contribution in [3.05, 3.63) is 74.3 Å². The molecule has 0 saturated carbocycles. The molecule has 0 atom stereocenters. The van der Waals surface area contributed by atoms with Crippen molar-refractivity contribution in [1.29, 1.82) is 0 Å². The second-order valence-electron chi connectivity index (χ2n) is 5.01. The second-order valence-corrected chi connectivity index (χ2v) is 5.01. The molecule has 0 bridgehead atoms. The number of hydrogen-bond donors (Lipinski definition) is 0. The third-order valence-electron chi connectivity index (χ3n) is 3.49. The van der Waals surface area contributed by atoms with Crippen LogP contribution in [0.1, 0.15) is 12.0 Å². The molecule has 24 heavy (non-hydrogen) atoms. The van der Waals surface area contributed by atoms with E-state index in [1.54, 1.807) is 0 Å². The molecule has 120 valence electrons. The summed E-state index contributed by atoms with van der Waals surface area (Å²) in [6.45, 7) is 0. The number of hydrazone groups is 1. The van der Waals surface area contributed by atoms with Gasteiger partial charge in [0.2, 0.25) is 0 Å². The Hall–Kier alpha value is -3.62. The Morgan fingerprint density at radius 3 is 1.88 bits per heavy atom. The zero-order valence-corrected chi connectivity index (χ0v) is 12.2. The minimum Gasteiger partial charge on any atom is -0.272 e. The highest BCUT2D eigenvalue weighted by molar-refractivity contribution is 6.19. The first kappa shape index (κ1) is 15.3. The Morgan fingerprint density at radius 2 is 1.38 bits per heavy atom. The van der Waals surface area contributed by atoms with Gasteiger partial charge in [-0.15, -0.1) is 0 Å². The molecule has 0 aliphatic carbocycles. The minimum atomic E-state index is -0.527. The van der Waals surface area contributed by atoms with Gasteiger partial charge in [-0.05, 0) is 29.8 Å². The van der Waals surface area contributed by atoms with Crippen LogP contribution in [0.5, 0.6) is 0 Å². The van der Waals surface area contributed by atoms with Gasteiger partial charge in [0.05, 0.1) is 27.7 Å². The Morgan fingerprint density at radius 1 is 0.875 bits per heavy atom. The van der Waals surface area contributed by atoms with E-state index < -0.39 is 9.85 Å². The number of nitrogens with zero attached hydrogens (tertiary/aromatic N) is 4. The van der Waals surface area contributed by atoms with Crippen LogP contribution in [0.2, 0.25) is 0 Å². The number of nitro groups is 2. The van der Waals surface area contributed by atoms with Crippen molar-refractivity contribution in [2.45, 2.75) is 6.42 Å². The van der Waals surface area contributed by atoms with Crippen LogP contribution < -0.4 is 5.01 Å². The Bertz CT molecular complexity index is 858. The SMILES string of the molecule is O=C1CC(c2ccc([N+](=O)[O-])cc2)=NN1c1ccc([N+](=O)[O-])cc1. The van der Waals surface area contributed by atoms with Gasteiger partial charge in [-0.1, -0.05) is 0 Å². The molecule has 1 heterocycles. The van der Waals surface area contributed by atoms with Crippen molar-refractivity contribution < 1.29 is 14.6 Å². The first-order valence-corrected chi connectivity index (χ1v) is 6.85. The van der Waals surface area contributed by atoms with E-state index in [1.165, 1.54) is 53.5 Å². The Labute approximate surface area is 135 Å². The average Bonchev–Trinajstić information content (AvgIpc) is 2.97. The fourth-order valence-corrected chi connectivity index (χ4v) is 2.28. The third kappa shape index (κ3) is 2.82. The van der Waals surface area contributed by atoms with E-state index in [4.69, 9.17) is 0 Å². The van der Waals surface area contributed by atoms with Gasteiger partial charge in [-0.3, -0.25) is 25.0 Å². The summed E-state index contributed by atoms with van der Waals surface area (Å²) in [5, 5.41) is 26.7. The van der Waals surface area contributed by atoms with Gasteiger partial charge >= 0.3 is 0 Å². The van der Waals surface area contributed by atoms with E-state index in [0.29, 0.717) is 17.0 Å². The number of amides is 1. The first-order valence-electron chi connectivity index (χ1n) is 6.85. The lowest BCUT2D eigenvalue weighted by molar-refractivity contribution is -0.385. The summed E-state index contributed by atoms with van der Waals surface area (Å²) < 4.78 is 0. The third-order valence-corrected chi connectivity index (χ3v) is 3.49. The normalized spacial score (nSPS) is 13.8. The highest BCUT2D eigenvalue weighted by Gasteiger charge is 2.26. The van der Waals surface area contributed by atoms with Gasteiger partial charge in [-0.25, -0.2) is 5.01 Å². The molecule has 9 heteroatoms. The van der Waals surface area contributed by atoms with Crippen molar-refractivity contribution in [3.8, 4) is 0 Å². The Balaban J connectivity index is 1.87. The largest absolute Gasteiger partial charge is 0.272 e. The van der Waals surface area contributed by atoms with Gasteiger partial charge in [0.25, 0.3) is 17.3 Å². The summed E-state index contributed by atoms with van der Waals surface area (Å²) in [6.07, 6.45) is 0.0504. The van der Waals surface area contributed by atoms with Crippen LogP contribution in [0.3, 0.4) is 0 Å². The summed E-state index contributed by atoms with van der Waals surface area (Å²) in [6, 6.07) is 11.2. The summed E-state index contributed by atoms with van der Waals surface area (Å²) in [5.41, 5.74) is 1.38. The fraction of sp³-hybridized carbons (Fsp3) is 0.0667. The number of hydrogen-bond acceptors (Lipinski definition) is 6. The molecule has 0 aromatic heterocycles. The second kappa shape index (κ2) is 5.88. The van der Waals surface area contributed by atoms with E-state index in [2.05, 4.69) is 5.10 Å². The van der Waals surface area contributed by atoms with Crippen molar-refractivity contribution in [3.63, 3.8) is 0 Å². The summed E-state index contributed by atoms with van der Waals surface area (Å²) in [7, 11) is 0. The quantitative estimate of drug-likeness (QED) is 0.632. The van der Waals surface area contributed by atoms with Gasteiger partial charge < -0.3 is 0 Å². The molecular formula is C15H10N4O5. The highest BCUT2D eigenvalue weighted by Crippen LogP contribution is 2.25. The molecule has 0 radical (unpaired) electrons. The number of rotatable bonds is 4. The molecule has 1 aliphatic rings. The first-order chi connectivity index (χ1) is 11.5. The van der Waals surface area contributed by atoms with Crippen LogP contribution in [0, 0.1) is 20.2 Å². The van der Waals surface area contributed by atoms with Crippen LogP contribution in [0.15, 0.2) is 53.6 Å². The standard InChI is InChI=1S/C15H10N4O5/c20-15-9-14(10-1-3-12(4-2-10)18(21)22)16-17(15)11-5-7-13(8-6-11)19(23)24/h1-8H,9H2. The number of non-ortho nitro benzene ring substituents is 2. The van der Waals surface area contributed by atoms with E-state index in [0.717, 1.165) is 0 Å². The van der Waals surface area contributed by atoms with Crippen LogP contribution in [-0.4, -0.2) is 21.5 Å². The number of anilines is 1. The van der Waals surface area contributed by atoms with Crippen LogP contribution in [0.25, 0.3) is 0 Å². The molecule has 0 unspecified atom stereocenters. The highest BCUT2D eigenvalue weighted by atomic mass is 16.6. The molecule has 0 N–H and O–H groups in total. The van der Waals surface area contributed by atoms with E-state index >= 15 is 0 Å². The predicted molar refractivity (Wildman–Crippen MR) is 84.8 cm³/mol. The van der Waals surface area contributed by atoms with E-state index in [-0.39, 0.29) is 23.7 Å². The zero-order valence-electron chi connectivity index (χ0n) is 12.2. The molecule has 9 nitrogen and oxygen atoms in total. The molecule has 1 amide bonds. The monoisotopic (exact) mass is 326 g/mol. The molecular weight excluding hydrogens is 316 g/mol. The topological polar surface area (TPSA) is 119 Å². The molecule has 3 rings (SSSR count). The minimum absolute atomic E-state index is 0.0455. The van der Waals surface area contributed by atoms with Gasteiger partial charge in [0.1, 0.15) is 0 Å². The number of nitro benzene ring substituents is 2. The van der Waals surface area contributed by atoms with E-state index in [1.807, 2.05) is 0 Å². The summed E-state index contributed by atoms with van der Waals surface area (Å²) in [4.78, 5) is 32.4. The lowest BCUT2D eigenvalue weighted by atomic mass is 10.1. The lowest BCUT2D eigenvalue weighted by Gasteiger charge is -2.10. The molecule has 0 fully saturated rings. The van der Waals surface area contributed by atoms with Crippen molar-refractivity contribution >= 4 is 28.7 Å². The molecule has 2 aromatic carbocycles. The smallest absolute Gasteiger partial charge is 0.269 e. The maximum absolute atomic E-state index is 12.1. The van der Waals surface area contributed by atoms with Crippen molar-refractivity contribution in [1.82, 2.24) is 0 Å². The molecule has 0 spiro atoms. The summed E-state index contributed by atoms with van der Waals surface area (Å²) >= 11 is 0. The fourth-order valence-electron chi connectivity index (χ4n) is 2.28. The Kier molecular flexibility index (Phi) is 3.74. The summed E-state index contributed by atoms with van der Waals surface area (Å²) in [5.74, 6) is -0.280. The predicted octanol–water partition coefficient (Wildman–Crippen LogP) is 2.64. The van der Waals surface area contributed by atoms with E-state index in [9.17, 15) is 25.0 Å². The maximum Gasteiger partial charge on any atom is 0.269 e. The zero-order chi connectivity index (χ0) is 17.3. The molecule has 1 aliphatic heterocycles. The average molecular weight is 326 g/mol. The molecule has 0 saturated heterocycles. The number of benzene rings is 2. The van der Waals surface area contributed by atoms with Crippen molar-refractivity contribution in [2.24, 2.45) is 5.10 Å². The number of carbonyl (C=O) groups is 1. The van der Waals surface area contributed by atoms with Gasteiger partial charge in [-0.2, -0.15) is 5.10 Å².